The van der Waals surface area contributed by atoms with Gasteiger partial charge < -0.3 is 0 Å². The van der Waals surface area contributed by atoms with Gasteiger partial charge in [0.2, 0.25) is 0 Å². The average molecular weight is 394 g/mol. The van der Waals surface area contributed by atoms with Crippen LogP contribution in [0.4, 0.5) is 13.2 Å². The summed E-state index contributed by atoms with van der Waals surface area (Å²) in [5.41, 5.74) is 2.21. The first kappa shape index (κ1) is 19.3. The molecule has 1 atom stereocenters. The summed E-state index contributed by atoms with van der Waals surface area (Å²) in [4.78, 5) is 3.89. The fraction of sp³-hybridized carbons (Fsp3) is 0.211. The molecule has 0 saturated carbocycles. The minimum absolute atomic E-state index is 0.134. The third-order valence-corrected chi connectivity index (χ3v) is 5.21. The molecular formula is C19H17F3N2O2S. The number of benzene rings is 1. The number of hydrogen-bond acceptors (Lipinski definition) is 3. The molecule has 0 saturated heterocycles. The molecule has 8 heteroatoms. The van der Waals surface area contributed by atoms with Gasteiger partial charge in [0.25, 0.3) is 10.0 Å². The van der Waals surface area contributed by atoms with E-state index in [1.807, 2.05) is 19.1 Å². The molecule has 1 aliphatic carbocycles. The first-order valence-corrected chi connectivity index (χ1v) is 9.75. The quantitative estimate of drug-likeness (QED) is 0.842. The van der Waals surface area contributed by atoms with E-state index in [9.17, 15) is 21.6 Å². The van der Waals surface area contributed by atoms with Gasteiger partial charge in [0.1, 0.15) is 0 Å². The number of aromatic nitrogens is 1. The van der Waals surface area contributed by atoms with Crippen molar-refractivity contribution in [2.75, 3.05) is 0 Å². The Kier molecular flexibility index (Phi) is 4.96. The first-order chi connectivity index (χ1) is 12.6. The summed E-state index contributed by atoms with van der Waals surface area (Å²) in [7, 11) is -3.89. The molecule has 1 aliphatic rings. The number of hydrogen-bond donors (Lipinski definition) is 1. The van der Waals surface area contributed by atoms with E-state index in [4.69, 9.17) is 5.14 Å². The molecular weight excluding hydrogens is 377 g/mol. The van der Waals surface area contributed by atoms with Gasteiger partial charge in [0, 0.05) is 11.8 Å². The molecule has 0 bridgehead atoms. The smallest absolute Gasteiger partial charge is 0.243 e. The van der Waals surface area contributed by atoms with Crippen LogP contribution in [0, 0.1) is 5.92 Å². The molecule has 3 rings (SSSR count). The summed E-state index contributed by atoms with van der Waals surface area (Å²) in [6.45, 7) is 2.01. The minimum atomic E-state index is -4.39. The number of rotatable bonds is 4. The maximum absolute atomic E-state index is 12.8. The predicted octanol–water partition coefficient (Wildman–Crippen LogP) is 4.25. The number of nitrogens with zero attached hydrogens (tertiary/aromatic N) is 1. The average Bonchev–Trinajstić information content (AvgIpc) is 3.05. The van der Waals surface area contributed by atoms with E-state index in [0.29, 0.717) is 11.1 Å². The normalized spacial score (nSPS) is 17.6. The molecule has 2 N–H and O–H groups in total. The molecule has 2 aromatic rings. The van der Waals surface area contributed by atoms with Crippen LogP contribution in [0.1, 0.15) is 30.0 Å². The van der Waals surface area contributed by atoms with E-state index in [0.717, 1.165) is 29.7 Å². The molecule has 1 aromatic heterocycles. The maximum Gasteiger partial charge on any atom is 0.416 e. The van der Waals surface area contributed by atoms with E-state index >= 15 is 0 Å². The second-order valence-corrected chi connectivity index (χ2v) is 7.75. The largest absolute Gasteiger partial charge is 0.416 e. The van der Waals surface area contributed by atoms with E-state index in [2.05, 4.69) is 4.98 Å². The van der Waals surface area contributed by atoms with E-state index in [1.54, 1.807) is 6.07 Å². The van der Waals surface area contributed by atoms with Gasteiger partial charge in [-0.3, -0.25) is 0 Å². The van der Waals surface area contributed by atoms with Crippen molar-refractivity contribution < 1.29 is 21.6 Å². The van der Waals surface area contributed by atoms with Gasteiger partial charge in [-0.05, 0) is 53.3 Å². The summed E-state index contributed by atoms with van der Waals surface area (Å²) in [6, 6.07) is 7.88. The zero-order valence-electron chi connectivity index (χ0n) is 14.4. The lowest BCUT2D eigenvalue weighted by molar-refractivity contribution is -0.137. The van der Waals surface area contributed by atoms with E-state index < -0.39 is 21.8 Å². The standard InChI is InChI=1S/C19H17F3N2O2S/c1-2-12-9-16(13-3-6-15(7-4-13)19(20,21)22)17(10-12)14-5-8-18(24-11-14)27(23,25)26/h3-12H,2H2,1H3,(H2,23,25,26). The van der Waals surface area contributed by atoms with Crippen LogP contribution in [0.3, 0.4) is 0 Å². The van der Waals surface area contributed by atoms with E-state index in [1.165, 1.54) is 24.4 Å². The Morgan fingerprint density at radius 3 is 2.00 bits per heavy atom. The summed E-state index contributed by atoms with van der Waals surface area (Å²) in [6.07, 6.45) is 1.84. The van der Waals surface area contributed by atoms with Crippen LogP contribution in [0.2, 0.25) is 0 Å². The summed E-state index contributed by atoms with van der Waals surface area (Å²) in [5, 5.41) is 4.82. The number of primary sulfonamides is 1. The Morgan fingerprint density at radius 2 is 1.56 bits per heavy atom. The van der Waals surface area contributed by atoms with Crippen LogP contribution in [-0.2, 0) is 16.2 Å². The molecule has 142 valence electrons. The first-order valence-electron chi connectivity index (χ1n) is 8.20. The van der Waals surface area contributed by atoms with Crippen molar-refractivity contribution in [2.45, 2.75) is 24.5 Å². The molecule has 0 fully saturated rings. The van der Waals surface area contributed by atoms with Crippen molar-refractivity contribution in [3.8, 4) is 0 Å². The zero-order chi connectivity index (χ0) is 19.8. The highest BCUT2D eigenvalue weighted by Gasteiger charge is 2.30. The molecule has 1 heterocycles. The SMILES string of the molecule is CCC1C=C(c2ccc(C(F)(F)F)cc2)C(c2ccc(S(N)(=O)=O)nc2)=C1. The van der Waals surface area contributed by atoms with Crippen LogP contribution in [0.25, 0.3) is 11.1 Å². The van der Waals surface area contributed by atoms with Crippen LogP contribution in [-0.4, -0.2) is 13.4 Å². The highest BCUT2D eigenvalue weighted by atomic mass is 32.2. The fourth-order valence-corrected chi connectivity index (χ4v) is 3.40. The Morgan fingerprint density at radius 1 is 1.00 bits per heavy atom. The zero-order valence-corrected chi connectivity index (χ0v) is 15.2. The molecule has 27 heavy (non-hydrogen) atoms. The molecule has 4 nitrogen and oxygen atoms in total. The van der Waals surface area contributed by atoms with Crippen LogP contribution < -0.4 is 5.14 Å². The minimum Gasteiger partial charge on any atom is -0.243 e. The van der Waals surface area contributed by atoms with Gasteiger partial charge in [-0.15, -0.1) is 0 Å². The lowest BCUT2D eigenvalue weighted by Gasteiger charge is -2.12. The molecule has 1 aromatic carbocycles. The number of pyridine rings is 1. The summed E-state index contributed by atoms with van der Waals surface area (Å²) in [5.74, 6) is 0.134. The van der Waals surface area contributed by atoms with Crippen molar-refractivity contribution in [3.63, 3.8) is 0 Å². The molecule has 0 aliphatic heterocycles. The van der Waals surface area contributed by atoms with Crippen molar-refractivity contribution in [3.05, 3.63) is 71.4 Å². The van der Waals surface area contributed by atoms with Crippen molar-refractivity contribution in [1.29, 1.82) is 0 Å². The Hall–Kier alpha value is -2.45. The summed E-state index contributed by atoms with van der Waals surface area (Å²) >= 11 is 0. The van der Waals surface area contributed by atoms with E-state index in [-0.39, 0.29) is 10.9 Å². The second-order valence-electron chi connectivity index (χ2n) is 6.24. The number of allylic oxidation sites excluding steroid dienone is 4. The van der Waals surface area contributed by atoms with Gasteiger partial charge in [0.05, 0.1) is 5.56 Å². The lowest BCUT2D eigenvalue weighted by Crippen LogP contribution is -2.13. The van der Waals surface area contributed by atoms with Gasteiger partial charge in [-0.25, -0.2) is 18.5 Å². The Balaban J connectivity index is 1.98. The molecule has 1 unspecified atom stereocenters. The second kappa shape index (κ2) is 6.94. The fourth-order valence-electron chi connectivity index (χ4n) is 2.94. The number of halogens is 3. The predicted molar refractivity (Wildman–Crippen MR) is 96.8 cm³/mol. The van der Waals surface area contributed by atoms with Gasteiger partial charge in [-0.2, -0.15) is 13.2 Å². The van der Waals surface area contributed by atoms with Crippen LogP contribution in [0.15, 0.2) is 59.8 Å². The van der Waals surface area contributed by atoms with Gasteiger partial charge >= 0.3 is 6.18 Å². The van der Waals surface area contributed by atoms with Gasteiger partial charge in [-0.1, -0.05) is 31.2 Å². The van der Waals surface area contributed by atoms with Gasteiger partial charge in [0.15, 0.2) is 5.03 Å². The number of sulfonamides is 1. The Labute approximate surface area is 155 Å². The topological polar surface area (TPSA) is 73.1 Å². The maximum atomic E-state index is 12.8. The third-order valence-electron chi connectivity index (χ3n) is 4.39. The lowest BCUT2D eigenvalue weighted by atomic mass is 9.95. The molecule has 0 amide bonds. The van der Waals surface area contributed by atoms with Crippen molar-refractivity contribution >= 4 is 21.2 Å². The Bertz CT molecular complexity index is 1010. The monoisotopic (exact) mass is 394 g/mol. The van der Waals surface area contributed by atoms with Crippen LogP contribution in [0.5, 0.6) is 0 Å². The molecule has 0 spiro atoms. The third kappa shape index (κ3) is 4.12. The van der Waals surface area contributed by atoms with Crippen molar-refractivity contribution in [1.82, 2.24) is 4.98 Å². The highest BCUT2D eigenvalue weighted by molar-refractivity contribution is 7.89. The number of nitrogens with two attached hydrogens (primary N) is 1. The summed E-state index contributed by atoms with van der Waals surface area (Å²) < 4.78 is 61.1. The highest BCUT2D eigenvalue weighted by Crippen LogP contribution is 2.40. The van der Waals surface area contributed by atoms with Crippen LogP contribution >= 0.6 is 0 Å². The van der Waals surface area contributed by atoms with Crippen molar-refractivity contribution in [2.24, 2.45) is 11.1 Å². The molecule has 0 radical (unpaired) electrons. The number of alkyl halides is 3.